The van der Waals surface area contributed by atoms with Gasteiger partial charge in [-0.15, -0.1) is 0 Å². The summed E-state index contributed by atoms with van der Waals surface area (Å²) in [7, 11) is 0. The molecular weight excluding hydrogens is 232 g/mol. The molecule has 0 saturated carbocycles. The van der Waals surface area contributed by atoms with Gasteiger partial charge in [-0.2, -0.15) is 4.37 Å². The number of aromatic nitrogens is 2. The van der Waals surface area contributed by atoms with Gasteiger partial charge in [-0.1, -0.05) is 6.92 Å². The van der Waals surface area contributed by atoms with Crippen molar-refractivity contribution in [1.82, 2.24) is 14.7 Å². The number of aryl methyl sites for hydroxylation is 1. The Morgan fingerprint density at radius 2 is 2.35 bits per heavy atom. The second kappa shape index (κ2) is 6.31. The summed E-state index contributed by atoms with van der Waals surface area (Å²) in [5.74, 6) is 0.899. The lowest BCUT2D eigenvalue weighted by Crippen LogP contribution is -2.45. The molecule has 1 aliphatic rings. The minimum atomic E-state index is 0.600. The molecule has 1 saturated heterocycles. The van der Waals surface area contributed by atoms with Gasteiger partial charge >= 0.3 is 0 Å². The van der Waals surface area contributed by atoms with Gasteiger partial charge in [0.25, 0.3) is 0 Å². The molecule has 5 heteroatoms. The van der Waals surface area contributed by atoms with Crippen molar-refractivity contribution < 1.29 is 0 Å². The van der Waals surface area contributed by atoms with Crippen LogP contribution < -0.4 is 10.2 Å². The molecule has 4 nitrogen and oxygen atoms in total. The second-order valence-corrected chi connectivity index (χ2v) is 5.40. The first-order valence-electron chi connectivity index (χ1n) is 6.59. The van der Waals surface area contributed by atoms with Gasteiger partial charge in [-0.05, 0) is 39.2 Å². The van der Waals surface area contributed by atoms with Gasteiger partial charge in [0.05, 0.1) is 0 Å². The van der Waals surface area contributed by atoms with Crippen molar-refractivity contribution in [1.29, 1.82) is 0 Å². The molecule has 0 aliphatic carbocycles. The summed E-state index contributed by atoms with van der Waals surface area (Å²) in [6, 6.07) is 0.600. The Labute approximate surface area is 108 Å². The van der Waals surface area contributed by atoms with Gasteiger partial charge in [0.2, 0.25) is 5.13 Å². The SMILES string of the molecule is CCCNCC1CCCCN1c1nc(C)ns1. The molecule has 0 radical (unpaired) electrons. The van der Waals surface area contributed by atoms with Gasteiger partial charge in [-0.25, -0.2) is 4.98 Å². The van der Waals surface area contributed by atoms with Crippen LogP contribution in [-0.4, -0.2) is 35.0 Å². The van der Waals surface area contributed by atoms with E-state index in [0.29, 0.717) is 6.04 Å². The van der Waals surface area contributed by atoms with Gasteiger partial charge in [0.15, 0.2) is 0 Å². The average molecular weight is 254 g/mol. The Morgan fingerprint density at radius 3 is 3.06 bits per heavy atom. The normalized spacial score (nSPS) is 20.8. The fraction of sp³-hybridized carbons (Fsp3) is 0.833. The maximum atomic E-state index is 4.52. The molecule has 0 amide bonds. The Bertz CT molecular complexity index is 339. The Morgan fingerprint density at radius 1 is 1.47 bits per heavy atom. The van der Waals surface area contributed by atoms with Crippen LogP contribution >= 0.6 is 11.5 Å². The molecule has 1 N–H and O–H groups in total. The predicted octanol–water partition coefficient (Wildman–Crippen LogP) is 2.21. The smallest absolute Gasteiger partial charge is 0.205 e. The number of hydrogen-bond acceptors (Lipinski definition) is 5. The highest BCUT2D eigenvalue weighted by molar-refractivity contribution is 7.09. The lowest BCUT2D eigenvalue weighted by molar-refractivity contribution is 0.435. The number of nitrogens with zero attached hydrogens (tertiary/aromatic N) is 3. The minimum absolute atomic E-state index is 0.600. The van der Waals surface area contributed by atoms with Crippen LogP contribution in [0.25, 0.3) is 0 Å². The van der Waals surface area contributed by atoms with Crippen LogP contribution in [0.2, 0.25) is 0 Å². The summed E-state index contributed by atoms with van der Waals surface area (Å²) in [5, 5.41) is 4.63. The number of anilines is 1. The molecule has 1 unspecified atom stereocenters. The van der Waals surface area contributed by atoms with Crippen molar-refractivity contribution in [3.8, 4) is 0 Å². The van der Waals surface area contributed by atoms with Crippen molar-refractivity contribution in [2.24, 2.45) is 0 Å². The summed E-state index contributed by atoms with van der Waals surface area (Å²) >= 11 is 1.54. The van der Waals surface area contributed by atoms with E-state index in [0.717, 1.165) is 30.6 Å². The first-order chi connectivity index (χ1) is 8.31. The molecule has 17 heavy (non-hydrogen) atoms. The summed E-state index contributed by atoms with van der Waals surface area (Å²) < 4.78 is 4.29. The molecular formula is C12H22N4S. The molecule has 0 aromatic carbocycles. The van der Waals surface area contributed by atoms with E-state index in [1.807, 2.05) is 6.92 Å². The van der Waals surface area contributed by atoms with Crippen LogP contribution in [0.1, 0.15) is 38.4 Å². The standard InChI is InChI=1S/C12H22N4S/c1-3-7-13-9-11-6-4-5-8-16(11)12-14-10(2)15-17-12/h11,13H,3-9H2,1-2H3. The lowest BCUT2D eigenvalue weighted by atomic mass is 10.0. The number of hydrogen-bond donors (Lipinski definition) is 1. The first-order valence-corrected chi connectivity index (χ1v) is 7.36. The second-order valence-electron chi connectivity index (χ2n) is 4.67. The zero-order chi connectivity index (χ0) is 12.1. The van der Waals surface area contributed by atoms with E-state index in [1.54, 1.807) is 0 Å². The number of rotatable bonds is 5. The molecule has 2 rings (SSSR count). The topological polar surface area (TPSA) is 41.0 Å². The third kappa shape index (κ3) is 3.39. The van der Waals surface area contributed by atoms with E-state index >= 15 is 0 Å². The van der Waals surface area contributed by atoms with Crippen LogP contribution in [0.3, 0.4) is 0 Å². The van der Waals surface area contributed by atoms with E-state index in [1.165, 1.54) is 37.2 Å². The van der Waals surface area contributed by atoms with Gasteiger partial charge < -0.3 is 10.2 Å². The molecule has 0 bridgehead atoms. The fourth-order valence-electron chi connectivity index (χ4n) is 2.31. The number of piperidine rings is 1. The maximum absolute atomic E-state index is 4.52. The van der Waals surface area contributed by atoms with Crippen LogP contribution in [-0.2, 0) is 0 Å². The largest absolute Gasteiger partial charge is 0.343 e. The van der Waals surface area contributed by atoms with Crippen LogP contribution in [0.4, 0.5) is 5.13 Å². The molecule has 0 spiro atoms. The van der Waals surface area contributed by atoms with Crippen LogP contribution in [0, 0.1) is 6.92 Å². The van der Waals surface area contributed by atoms with Gasteiger partial charge in [0.1, 0.15) is 5.82 Å². The fourth-order valence-corrected chi connectivity index (χ4v) is 3.09. The number of nitrogens with one attached hydrogen (secondary N) is 1. The summed E-state index contributed by atoms with van der Waals surface area (Å²) in [6.07, 6.45) is 5.09. The maximum Gasteiger partial charge on any atom is 0.205 e. The average Bonchev–Trinajstić information content (AvgIpc) is 2.77. The highest BCUT2D eigenvalue weighted by atomic mass is 32.1. The minimum Gasteiger partial charge on any atom is -0.343 e. The first kappa shape index (κ1) is 12.8. The van der Waals surface area contributed by atoms with Crippen LogP contribution in [0.5, 0.6) is 0 Å². The molecule has 1 aromatic rings. The Balaban J connectivity index is 1.96. The molecule has 1 aliphatic heterocycles. The van der Waals surface area contributed by atoms with Crippen molar-refractivity contribution >= 4 is 16.7 Å². The third-order valence-corrected chi connectivity index (χ3v) is 4.04. The molecule has 1 aromatic heterocycles. The monoisotopic (exact) mass is 254 g/mol. The Hall–Kier alpha value is -0.680. The third-order valence-electron chi connectivity index (χ3n) is 3.20. The van der Waals surface area contributed by atoms with Crippen molar-refractivity contribution in [2.45, 2.75) is 45.6 Å². The van der Waals surface area contributed by atoms with Crippen molar-refractivity contribution in [3.63, 3.8) is 0 Å². The van der Waals surface area contributed by atoms with E-state index in [9.17, 15) is 0 Å². The molecule has 1 atom stereocenters. The van der Waals surface area contributed by atoms with Gasteiger partial charge in [-0.3, -0.25) is 0 Å². The Kier molecular flexibility index (Phi) is 4.74. The van der Waals surface area contributed by atoms with Crippen molar-refractivity contribution in [2.75, 3.05) is 24.5 Å². The van der Waals surface area contributed by atoms with Crippen LogP contribution in [0.15, 0.2) is 0 Å². The van der Waals surface area contributed by atoms with E-state index in [-0.39, 0.29) is 0 Å². The van der Waals surface area contributed by atoms with Gasteiger partial charge in [0, 0.05) is 30.7 Å². The quantitative estimate of drug-likeness (QED) is 0.818. The summed E-state index contributed by atoms with van der Waals surface area (Å²) in [4.78, 5) is 6.96. The zero-order valence-electron chi connectivity index (χ0n) is 10.8. The highest BCUT2D eigenvalue weighted by Crippen LogP contribution is 2.25. The predicted molar refractivity (Wildman–Crippen MR) is 72.8 cm³/mol. The highest BCUT2D eigenvalue weighted by Gasteiger charge is 2.24. The van der Waals surface area contributed by atoms with E-state index in [4.69, 9.17) is 0 Å². The lowest BCUT2D eigenvalue weighted by Gasteiger charge is -2.35. The van der Waals surface area contributed by atoms with E-state index in [2.05, 4.69) is 26.5 Å². The summed E-state index contributed by atoms with van der Waals surface area (Å²) in [5.41, 5.74) is 0. The van der Waals surface area contributed by atoms with E-state index < -0.39 is 0 Å². The molecule has 2 heterocycles. The zero-order valence-corrected chi connectivity index (χ0v) is 11.6. The summed E-state index contributed by atoms with van der Waals surface area (Å²) in [6.45, 7) is 7.49. The molecule has 1 fully saturated rings. The van der Waals surface area contributed by atoms with Crippen molar-refractivity contribution in [3.05, 3.63) is 5.82 Å². The molecule has 96 valence electrons.